The van der Waals surface area contributed by atoms with Crippen molar-refractivity contribution in [2.45, 2.75) is 93.8 Å². The summed E-state index contributed by atoms with van der Waals surface area (Å²) in [6, 6.07) is 21.2. The Hall–Kier alpha value is -4.76. The van der Waals surface area contributed by atoms with Crippen LogP contribution in [0.5, 0.6) is 0 Å². The van der Waals surface area contributed by atoms with Gasteiger partial charge in [0.05, 0.1) is 22.6 Å². The Morgan fingerprint density at radius 3 is 2.08 bits per heavy atom. The van der Waals surface area contributed by atoms with Gasteiger partial charge < -0.3 is 18.8 Å². The predicted octanol–water partition coefficient (Wildman–Crippen LogP) is 12.4. The molecule has 0 amide bonds. The maximum atomic E-state index is 6.75. The fraction of sp³-hybridized carbons (Fsp3) is 0.319. The first-order valence-electron chi connectivity index (χ1n) is 18.3. The highest BCUT2D eigenvalue weighted by Gasteiger charge is 2.53. The summed E-state index contributed by atoms with van der Waals surface area (Å²) in [4.78, 5) is 2.36. The number of aromatic nitrogens is 1. The van der Waals surface area contributed by atoms with Gasteiger partial charge in [0.2, 0.25) is 0 Å². The fourth-order valence-corrected chi connectivity index (χ4v) is 6.67. The number of benzene rings is 2. The van der Waals surface area contributed by atoms with Crippen LogP contribution in [-0.2, 0) is 9.31 Å². The summed E-state index contributed by atoms with van der Waals surface area (Å²) in [6.07, 6.45) is 20.1. The third kappa shape index (κ3) is 8.99. The van der Waals surface area contributed by atoms with Crippen molar-refractivity contribution in [2.24, 2.45) is 0 Å². The van der Waals surface area contributed by atoms with Crippen molar-refractivity contribution in [3.8, 4) is 18.0 Å². The van der Waals surface area contributed by atoms with Gasteiger partial charge in [0, 0.05) is 40.3 Å². The summed E-state index contributed by atoms with van der Waals surface area (Å²) in [5.74, 6) is 2.25. The van der Waals surface area contributed by atoms with E-state index in [-0.39, 0.29) is 0 Å². The number of likely N-dealkylation sites (N-methyl/N-ethyl adjacent to an activating group) is 1. The Morgan fingerprint density at radius 2 is 1.58 bits per heavy atom. The zero-order valence-corrected chi connectivity index (χ0v) is 33.5. The van der Waals surface area contributed by atoms with Crippen LogP contribution < -0.4 is 4.90 Å². The van der Waals surface area contributed by atoms with E-state index >= 15 is 0 Å². The summed E-state index contributed by atoms with van der Waals surface area (Å²) in [6.45, 7) is 32.5. The van der Waals surface area contributed by atoms with Gasteiger partial charge in [-0.05, 0) is 117 Å². The van der Waals surface area contributed by atoms with Crippen molar-refractivity contribution in [2.75, 3.05) is 11.4 Å². The number of hydrogen-bond donors (Lipinski definition) is 0. The van der Waals surface area contributed by atoms with Gasteiger partial charge in [-0.3, -0.25) is 0 Å². The molecule has 4 rings (SSSR count). The summed E-state index contributed by atoms with van der Waals surface area (Å²) in [5, 5.41) is 0. The zero-order chi connectivity index (χ0) is 38.6. The van der Waals surface area contributed by atoms with Crippen molar-refractivity contribution in [3.63, 3.8) is 0 Å². The maximum absolute atomic E-state index is 6.75. The van der Waals surface area contributed by atoms with Gasteiger partial charge in [-0.25, -0.2) is 0 Å². The van der Waals surface area contributed by atoms with E-state index in [9.17, 15) is 0 Å². The summed E-state index contributed by atoms with van der Waals surface area (Å²) in [5.41, 5.74) is 11.0. The highest BCUT2D eigenvalue weighted by atomic mass is 16.7. The number of allylic oxidation sites excluding steroid dienone is 10. The minimum Gasteiger partial charge on any atom is -0.400 e. The van der Waals surface area contributed by atoms with E-state index in [1.807, 2.05) is 19.1 Å². The Balaban J connectivity index is 0.00000235. The third-order valence-corrected chi connectivity index (χ3v) is 9.82. The van der Waals surface area contributed by atoms with Gasteiger partial charge in [-0.15, -0.1) is 12.3 Å². The average Bonchev–Trinajstić information content (AvgIpc) is 3.56. The second-order valence-corrected chi connectivity index (χ2v) is 13.8. The highest BCUT2D eigenvalue weighted by molar-refractivity contribution is 6.54. The van der Waals surface area contributed by atoms with Gasteiger partial charge in [-0.1, -0.05) is 99.0 Å². The topological polar surface area (TPSA) is 26.6 Å². The third-order valence-electron chi connectivity index (χ3n) is 9.82. The van der Waals surface area contributed by atoms with Crippen LogP contribution in [0.3, 0.4) is 0 Å². The summed E-state index contributed by atoms with van der Waals surface area (Å²) in [7, 11) is -0.499. The lowest BCUT2D eigenvalue weighted by molar-refractivity contribution is -0.0118. The van der Waals surface area contributed by atoms with E-state index in [4.69, 9.17) is 9.31 Å². The van der Waals surface area contributed by atoms with Gasteiger partial charge in [0.15, 0.2) is 0 Å². The molecule has 1 aliphatic heterocycles. The van der Waals surface area contributed by atoms with Crippen molar-refractivity contribution < 1.29 is 9.31 Å². The molecule has 1 saturated heterocycles. The maximum Gasteiger partial charge on any atom is 0.490 e. The fourth-order valence-electron chi connectivity index (χ4n) is 6.67. The molecule has 3 aromatic rings. The van der Waals surface area contributed by atoms with Gasteiger partial charge in [0.25, 0.3) is 0 Å². The zero-order valence-electron chi connectivity index (χ0n) is 33.5. The molecule has 1 aromatic heterocycles. The van der Waals surface area contributed by atoms with Crippen LogP contribution in [0.1, 0.15) is 98.2 Å². The van der Waals surface area contributed by atoms with Crippen molar-refractivity contribution in [1.29, 1.82) is 0 Å². The largest absolute Gasteiger partial charge is 0.490 e. The predicted molar refractivity (Wildman–Crippen MR) is 228 cm³/mol. The molecule has 1 aliphatic rings. The van der Waals surface area contributed by atoms with E-state index in [2.05, 4.69) is 188 Å². The average molecular weight is 695 g/mol. The molecule has 1 unspecified atom stereocenters. The number of hydrogen-bond acceptors (Lipinski definition) is 3. The minimum atomic E-state index is -0.499. The number of para-hydroxylation sites is 2. The van der Waals surface area contributed by atoms with E-state index in [0.29, 0.717) is 0 Å². The standard InChI is InChI=1S/C44H55BN2O2.C3H4/c1-13-17-25-33(7)42-40(38(30-18-14-2)35(9)47(42)37-28-23-20-24-29-37)39(31-34(8)45-48-43(10,11)44(12,15-3)49-45)41(32(5)6)46(16-4)36-26-21-19-22-27-36;1-3-2/h13-14,17-31H,2,5,15-16H2,1,3-4,6-12H3;1H,2H3/b17-13-,30-18-,33-25+,34-31+,41-39-;. The van der Waals surface area contributed by atoms with Crippen molar-refractivity contribution >= 4 is 30.0 Å². The van der Waals surface area contributed by atoms with E-state index < -0.39 is 18.3 Å². The van der Waals surface area contributed by atoms with Crippen LogP contribution in [0.4, 0.5) is 5.69 Å². The molecular formula is C47H59BN2O2. The second-order valence-electron chi connectivity index (χ2n) is 13.8. The smallest absolute Gasteiger partial charge is 0.400 e. The molecule has 52 heavy (non-hydrogen) atoms. The molecule has 0 aliphatic carbocycles. The van der Waals surface area contributed by atoms with Crippen molar-refractivity contribution in [1.82, 2.24) is 4.57 Å². The number of rotatable bonds is 13. The van der Waals surface area contributed by atoms with Crippen LogP contribution in [0.2, 0.25) is 0 Å². The first-order valence-corrected chi connectivity index (χ1v) is 18.3. The Bertz CT molecular complexity index is 1900. The number of anilines is 1. The van der Waals surface area contributed by atoms with Gasteiger partial charge in [0.1, 0.15) is 0 Å². The Labute approximate surface area is 315 Å². The molecule has 1 atom stereocenters. The second kappa shape index (κ2) is 18.7. The lowest BCUT2D eigenvalue weighted by Gasteiger charge is -2.35. The molecule has 5 heteroatoms. The van der Waals surface area contributed by atoms with E-state index in [0.717, 1.165) is 74.7 Å². The van der Waals surface area contributed by atoms with Crippen molar-refractivity contribution in [3.05, 3.63) is 150 Å². The van der Waals surface area contributed by atoms with Crippen LogP contribution in [0, 0.1) is 19.3 Å². The first kappa shape index (κ1) is 41.7. The number of nitrogens with zero attached hydrogens (tertiary/aromatic N) is 2. The number of terminal acetylenes is 1. The molecule has 2 aromatic carbocycles. The van der Waals surface area contributed by atoms with Gasteiger partial charge in [-0.2, -0.15) is 0 Å². The molecule has 1 fully saturated rings. The summed E-state index contributed by atoms with van der Waals surface area (Å²) >= 11 is 0. The molecule has 272 valence electrons. The molecule has 0 bridgehead atoms. The lowest BCUT2D eigenvalue weighted by atomic mass is 9.77. The van der Waals surface area contributed by atoms with E-state index in [1.165, 1.54) is 0 Å². The molecule has 2 heterocycles. The monoisotopic (exact) mass is 694 g/mol. The molecular weight excluding hydrogens is 635 g/mol. The lowest BCUT2D eigenvalue weighted by Crippen LogP contribution is -2.44. The van der Waals surface area contributed by atoms with Crippen LogP contribution >= 0.6 is 0 Å². The quantitative estimate of drug-likeness (QED) is 0.101. The van der Waals surface area contributed by atoms with Gasteiger partial charge >= 0.3 is 7.12 Å². The van der Waals surface area contributed by atoms with Crippen LogP contribution in [0.25, 0.3) is 22.9 Å². The SMILES string of the molecule is C#CC.C=C/C=C\c1c(C(/C=C(\C)B2OC(C)(C)C(C)(CC)O2)=C(/C(=C)C)N(CC)c2ccccc2)c(/C(C)=C/C=C\C)n(-c2ccccc2)c1C. The molecule has 4 nitrogen and oxygen atoms in total. The Morgan fingerprint density at radius 1 is 0.981 bits per heavy atom. The molecule has 0 radical (unpaired) electrons. The molecule has 0 N–H and O–H groups in total. The molecule has 0 spiro atoms. The van der Waals surface area contributed by atoms with Crippen LogP contribution in [0.15, 0.2) is 127 Å². The normalized spacial score (nSPS) is 17.8. The highest BCUT2D eigenvalue weighted by Crippen LogP contribution is 2.44. The first-order chi connectivity index (χ1) is 24.8. The van der Waals surface area contributed by atoms with Crippen LogP contribution in [-0.4, -0.2) is 29.4 Å². The molecule has 0 saturated carbocycles. The minimum absolute atomic E-state index is 0.421. The summed E-state index contributed by atoms with van der Waals surface area (Å²) < 4.78 is 15.8. The Kier molecular flexibility index (Phi) is 14.9. The van der Waals surface area contributed by atoms with E-state index in [1.54, 1.807) is 6.92 Å².